The van der Waals surface area contributed by atoms with Crippen molar-refractivity contribution >= 4 is 5.91 Å². The molecular weight excluding hydrogens is 284 g/mol. The minimum atomic E-state index is 0.360. The van der Waals surface area contributed by atoms with E-state index in [0.29, 0.717) is 5.91 Å². The van der Waals surface area contributed by atoms with Crippen LogP contribution in [0.2, 0.25) is 0 Å². The maximum atomic E-state index is 12.8. The van der Waals surface area contributed by atoms with Gasteiger partial charge >= 0.3 is 0 Å². The van der Waals surface area contributed by atoms with Gasteiger partial charge in [0.25, 0.3) is 0 Å². The van der Waals surface area contributed by atoms with E-state index in [-0.39, 0.29) is 0 Å². The van der Waals surface area contributed by atoms with Crippen LogP contribution in [0.5, 0.6) is 0 Å². The summed E-state index contributed by atoms with van der Waals surface area (Å²) < 4.78 is 0. The molecule has 1 saturated carbocycles. The van der Waals surface area contributed by atoms with E-state index in [4.69, 9.17) is 0 Å². The molecule has 0 unspecified atom stereocenters. The summed E-state index contributed by atoms with van der Waals surface area (Å²) in [6, 6.07) is 10.4. The predicted octanol–water partition coefficient (Wildman–Crippen LogP) is 3.60. The van der Waals surface area contributed by atoms with Crippen molar-refractivity contribution in [3.63, 3.8) is 0 Å². The smallest absolute Gasteiger partial charge is 0.222 e. The van der Waals surface area contributed by atoms with E-state index < -0.39 is 0 Å². The van der Waals surface area contributed by atoms with Gasteiger partial charge in [-0.25, -0.2) is 0 Å². The first-order chi connectivity index (χ1) is 11.3. The zero-order valence-electron chi connectivity index (χ0n) is 14.2. The Morgan fingerprint density at radius 2 is 1.78 bits per heavy atom. The van der Waals surface area contributed by atoms with Gasteiger partial charge in [0.15, 0.2) is 0 Å². The van der Waals surface area contributed by atoms with Crippen LogP contribution in [-0.2, 0) is 11.3 Å². The molecule has 1 N–H and O–H groups in total. The molecule has 126 valence electrons. The Kier molecular flexibility index (Phi) is 6.09. The average Bonchev–Trinajstić information content (AvgIpc) is 2.56. The molecule has 0 radical (unpaired) electrons. The molecule has 1 aromatic carbocycles. The van der Waals surface area contributed by atoms with Gasteiger partial charge in [0.1, 0.15) is 0 Å². The van der Waals surface area contributed by atoms with Crippen LogP contribution in [-0.4, -0.2) is 30.4 Å². The zero-order valence-corrected chi connectivity index (χ0v) is 14.2. The third-order valence-corrected chi connectivity index (χ3v) is 5.50. The molecule has 1 heterocycles. The largest absolute Gasteiger partial charge is 0.338 e. The summed E-state index contributed by atoms with van der Waals surface area (Å²) in [4.78, 5) is 14.9. The van der Waals surface area contributed by atoms with Crippen LogP contribution in [0.3, 0.4) is 0 Å². The van der Waals surface area contributed by atoms with E-state index in [2.05, 4.69) is 34.5 Å². The van der Waals surface area contributed by atoms with Crippen LogP contribution in [0.4, 0.5) is 0 Å². The number of carbonyl (C=O) groups excluding carboxylic acids is 1. The van der Waals surface area contributed by atoms with Crippen molar-refractivity contribution in [2.45, 2.75) is 51.5 Å². The Bertz CT molecular complexity index is 478. The number of hydrogen-bond acceptors (Lipinski definition) is 2. The van der Waals surface area contributed by atoms with Gasteiger partial charge in [-0.2, -0.15) is 0 Å². The Labute approximate surface area is 140 Å². The molecule has 1 aromatic rings. The van der Waals surface area contributed by atoms with Crippen molar-refractivity contribution in [2.75, 3.05) is 19.6 Å². The summed E-state index contributed by atoms with van der Waals surface area (Å²) >= 11 is 0. The third-order valence-electron chi connectivity index (χ3n) is 5.50. The van der Waals surface area contributed by atoms with E-state index in [0.717, 1.165) is 50.9 Å². The SMILES string of the molecule is O=C(CCC1CCNCC1)N(Cc1ccccc1)CC1CCC1. The molecule has 0 aromatic heterocycles. The van der Waals surface area contributed by atoms with Crippen molar-refractivity contribution in [3.05, 3.63) is 35.9 Å². The summed E-state index contributed by atoms with van der Waals surface area (Å²) in [6.45, 7) is 3.98. The molecule has 0 atom stereocenters. The summed E-state index contributed by atoms with van der Waals surface area (Å²) in [7, 11) is 0. The van der Waals surface area contributed by atoms with Gasteiger partial charge in [-0.15, -0.1) is 0 Å². The Balaban J connectivity index is 1.53. The minimum Gasteiger partial charge on any atom is -0.338 e. The Morgan fingerprint density at radius 1 is 1.04 bits per heavy atom. The summed E-state index contributed by atoms with van der Waals surface area (Å²) in [5, 5.41) is 3.40. The average molecular weight is 314 g/mol. The lowest BCUT2D eigenvalue weighted by Gasteiger charge is -2.33. The number of carbonyl (C=O) groups is 1. The number of benzene rings is 1. The van der Waals surface area contributed by atoms with Crippen LogP contribution in [0.25, 0.3) is 0 Å². The highest BCUT2D eigenvalue weighted by Crippen LogP contribution is 2.28. The highest BCUT2D eigenvalue weighted by Gasteiger charge is 2.24. The molecule has 1 aliphatic heterocycles. The fourth-order valence-electron chi connectivity index (χ4n) is 3.70. The predicted molar refractivity (Wildman–Crippen MR) is 94.0 cm³/mol. The fraction of sp³-hybridized carbons (Fsp3) is 0.650. The van der Waals surface area contributed by atoms with Gasteiger partial charge in [-0.3, -0.25) is 4.79 Å². The molecule has 23 heavy (non-hydrogen) atoms. The van der Waals surface area contributed by atoms with Crippen molar-refractivity contribution in [1.82, 2.24) is 10.2 Å². The lowest BCUT2D eigenvalue weighted by atomic mass is 9.85. The molecule has 1 saturated heterocycles. The Hall–Kier alpha value is -1.35. The van der Waals surface area contributed by atoms with E-state index in [9.17, 15) is 4.79 Å². The second-order valence-electron chi connectivity index (χ2n) is 7.29. The number of rotatable bonds is 7. The van der Waals surface area contributed by atoms with Crippen molar-refractivity contribution in [1.29, 1.82) is 0 Å². The van der Waals surface area contributed by atoms with Gasteiger partial charge in [-0.05, 0) is 62.6 Å². The molecule has 2 aliphatic rings. The molecule has 3 nitrogen and oxygen atoms in total. The van der Waals surface area contributed by atoms with E-state index >= 15 is 0 Å². The van der Waals surface area contributed by atoms with E-state index in [1.54, 1.807) is 0 Å². The van der Waals surface area contributed by atoms with Crippen molar-refractivity contribution < 1.29 is 4.79 Å². The highest BCUT2D eigenvalue weighted by molar-refractivity contribution is 5.76. The number of nitrogens with zero attached hydrogens (tertiary/aromatic N) is 1. The van der Waals surface area contributed by atoms with Crippen molar-refractivity contribution in [2.24, 2.45) is 11.8 Å². The minimum absolute atomic E-state index is 0.360. The molecule has 0 bridgehead atoms. The maximum Gasteiger partial charge on any atom is 0.222 e. The summed E-state index contributed by atoms with van der Waals surface area (Å²) in [5.74, 6) is 1.84. The van der Waals surface area contributed by atoms with Gasteiger partial charge in [-0.1, -0.05) is 36.8 Å². The van der Waals surface area contributed by atoms with Gasteiger partial charge in [0, 0.05) is 19.5 Å². The fourth-order valence-corrected chi connectivity index (χ4v) is 3.70. The van der Waals surface area contributed by atoms with Crippen molar-refractivity contribution in [3.8, 4) is 0 Å². The first-order valence-electron chi connectivity index (χ1n) is 9.33. The third kappa shape index (κ3) is 5.07. The van der Waals surface area contributed by atoms with Crippen LogP contribution >= 0.6 is 0 Å². The second kappa shape index (κ2) is 8.49. The van der Waals surface area contributed by atoms with E-state index in [1.807, 2.05) is 6.07 Å². The van der Waals surface area contributed by atoms with Crippen LogP contribution < -0.4 is 5.32 Å². The highest BCUT2D eigenvalue weighted by atomic mass is 16.2. The molecule has 1 aliphatic carbocycles. The molecule has 0 spiro atoms. The van der Waals surface area contributed by atoms with Gasteiger partial charge < -0.3 is 10.2 Å². The lowest BCUT2D eigenvalue weighted by Crippen LogP contribution is -2.37. The standard InChI is InChI=1S/C20H30N2O/c23-20(10-9-17-11-13-21-14-12-17)22(16-19-7-4-8-19)15-18-5-2-1-3-6-18/h1-3,5-6,17,19,21H,4,7-16H2. The number of hydrogen-bond donors (Lipinski definition) is 1. The van der Waals surface area contributed by atoms with Gasteiger partial charge in [0.2, 0.25) is 5.91 Å². The Morgan fingerprint density at radius 3 is 2.43 bits per heavy atom. The molecule has 2 fully saturated rings. The molecule has 3 rings (SSSR count). The maximum absolute atomic E-state index is 12.8. The molecule has 1 amide bonds. The van der Waals surface area contributed by atoms with Crippen LogP contribution in [0.1, 0.15) is 50.5 Å². The first kappa shape index (κ1) is 16.5. The lowest BCUT2D eigenvalue weighted by molar-refractivity contribution is -0.133. The zero-order chi connectivity index (χ0) is 15.9. The summed E-state index contributed by atoms with van der Waals surface area (Å²) in [5.41, 5.74) is 1.25. The van der Waals surface area contributed by atoms with Crippen LogP contribution in [0, 0.1) is 11.8 Å². The molecular formula is C20H30N2O. The first-order valence-corrected chi connectivity index (χ1v) is 9.33. The normalized spacial score (nSPS) is 19.3. The number of amides is 1. The van der Waals surface area contributed by atoms with Gasteiger partial charge in [0.05, 0.1) is 0 Å². The number of nitrogens with one attached hydrogen (secondary N) is 1. The second-order valence-corrected chi connectivity index (χ2v) is 7.29. The monoisotopic (exact) mass is 314 g/mol. The number of piperidine rings is 1. The topological polar surface area (TPSA) is 32.3 Å². The van der Waals surface area contributed by atoms with Crippen LogP contribution in [0.15, 0.2) is 30.3 Å². The van der Waals surface area contributed by atoms with E-state index in [1.165, 1.54) is 37.7 Å². The summed E-state index contributed by atoms with van der Waals surface area (Å²) in [6.07, 6.45) is 8.19. The molecule has 3 heteroatoms. The quantitative estimate of drug-likeness (QED) is 0.834.